The topological polar surface area (TPSA) is 185 Å². The third-order valence-electron chi connectivity index (χ3n) is 2.65. The minimum Gasteiger partial charge on any atom is -0.368 e. The fourth-order valence-electron chi connectivity index (χ4n) is 1.76. The molecule has 12 nitrogen and oxygen atoms in total. The van der Waals surface area contributed by atoms with Crippen LogP contribution in [0.25, 0.3) is 21.6 Å². The number of halogens is 1. The molecule has 0 amide bonds. The van der Waals surface area contributed by atoms with Crippen LogP contribution in [0.5, 0.6) is 0 Å². The number of hydrogen-bond donors (Lipinski definition) is 3. The van der Waals surface area contributed by atoms with Crippen molar-refractivity contribution in [3.05, 3.63) is 16.8 Å². The molecule has 124 valence electrons. The van der Waals surface area contributed by atoms with Gasteiger partial charge in [0.2, 0.25) is 5.95 Å². The number of alkyl halides is 1. The van der Waals surface area contributed by atoms with Gasteiger partial charge >= 0.3 is 7.60 Å². The Balaban J connectivity index is 2.29. The van der Waals surface area contributed by atoms with E-state index in [4.69, 9.17) is 25.8 Å². The van der Waals surface area contributed by atoms with Gasteiger partial charge in [0, 0.05) is 4.91 Å². The predicted octanol–water partition coefficient (Wildman–Crippen LogP) is 0.840. The molecule has 0 saturated heterocycles. The number of ether oxygens (including phenoxy) is 1. The first-order valence-electron chi connectivity index (χ1n) is 6.09. The molecule has 4 N–H and O–H groups in total. The van der Waals surface area contributed by atoms with E-state index < -0.39 is 26.7 Å². The van der Waals surface area contributed by atoms with Crippen molar-refractivity contribution in [2.45, 2.75) is 12.6 Å². The van der Waals surface area contributed by atoms with Crippen LogP contribution in [0.15, 0.2) is 11.4 Å². The second-order valence-corrected chi connectivity index (χ2v) is 5.99. The molecule has 2 aromatic rings. The van der Waals surface area contributed by atoms with Crippen LogP contribution in [0.2, 0.25) is 0 Å². The Morgan fingerprint density at radius 3 is 2.91 bits per heavy atom. The van der Waals surface area contributed by atoms with E-state index in [9.17, 15) is 8.96 Å². The van der Waals surface area contributed by atoms with Gasteiger partial charge in [-0.3, -0.25) is 4.57 Å². The summed E-state index contributed by atoms with van der Waals surface area (Å²) in [5.41, 5.74) is 14.3. The first-order valence-corrected chi connectivity index (χ1v) is 7.89. The average molecular weight is 346 g/mol. The second kappa shape index (κ2) is 6.86. The van der Waals surface area contributed by atoms with Gasteiger partial charge in [-0.15, -0.1) is 0 Å². The number of nitrogen functional groups attached to an aromatic ring is 1. The zero-order chi connectivity index (χ0) is 17.0. The average Bonchev–Trinajstić information content (AvgIpc) is 2.85. The first kappa shape index (κ1) is 17.1. The normalized spacial score (nSPS) is 13.0. The van der Waals surface area contributed by atoms with E-state index in [2.05, 4.69) is 25.0 Å². The van der Waals surface area contributed by atoms with Gasteiger partial charge in [-0.25, -0.2) is 14.4 Å². The van der Waals surface area contributed by atoms with Crippen molar-refractivity contribution in [1.82, 2.24) is 19.5 Å². The van der Waals surface area contributed by atoms with Gasteiger partial charge in [0.25, 0.3) is 0 Å². The molecule has 0 aliphatic rings. The molecule has 0 aliphatic carbocycles. The maximum absolute atomic E-state index is 13.0. The molecule has 1 unspecified atom stereocenters. The molecule has 0 aromatic carbocycles. The van der Waals surface area contributed by atoms with Crippen LogP contribution < -0.4 is 5.73 Å². The van der Waals surface area contributed by atoms with Crippen LogP contribution in [-0.2, 0) is 15.8 Å². The second-order valence-electron chi connectivity index (χ2n) is 4.40. The van der Waals surface area contributed by atoms with E-state index in [-0.39, 0.29) is 29.5 Å². The summed E-state index contributed by atoms with van der Waals surface area (Å²) in [6.45, 7) is -1.11. The lowest BCUT2D eigenvalue weighted by Crippen LogP contribution is -2.23. The van der Waals surface area contributed by atoms with Crippen molar-refractivity contribution >= 4 is 30.5 Å². The zero-order valence-electron chi connectivity index (χ0n) is 11.5. The Kier molecular flexibility index (Phi) is 5.08. The smallest absolute Gasteiger partial charge is 0.350 e. The summed E-state index contributed by atoms with van der Waals surface area (Å²) >= 11 is 0. The third kappa shape index (κ3) is 4.34. The van der Waals surface area contributed by atoms with Gasteiger partial charge < -0.3 is 24.8 Å². The summed E-state index contributed by atoms with van der Waals surface area (Å²) in [6, 6.07) is 0. The molecule has 23 heavy (non-hydrogen) atoms. The van der Waals surface area contributed by atoms with Crippen molar-refractivity contribution < 1.29 is 23.5 Å². The lowest BCUT2D eigenvalue weighted by atomic mass is 10.4. The molecule has 0 fully saturated rings. The Hall–Kier alpha value is -2.30. The van der Waals surface area contributed by atoms with Crippen molar-refractivity contribution in [2.24, 2.45) is 5.11 Å². The molecule has 2 aromatic heterocycles. The van der Waals surface area contributed by atoms with Crippen LogP contribution in [0.3, 0.4) is 0 Å². The number of rotatable bonds is 7. The minimum atomic E-state index is -4.41. The van der Waals surface area contributed by atoms with Gasteiger partial charge in [0.15, 0.2) is 11.5 Å². The summed E-state index contributed by atoms with van der Waals surface area (Å²) in [5.74, 6) is -0.253. The monoisotopic (exact) mass is 346 g/mol. The van der Waals surface area contributed by atoms with Crippen LogP contribution in [0, 0.1) is 0 Å². The van der Waals surface area contributed by atoms with Crippen molar-refractivity contribution in [3.63, 3.8) is 0 Å². The minimum absolute atomic E-state index is 0.0818. The number of imidazole rings is 1. The highest BCUT2D eigenvalue weighted by molar-refractivity contribution is 7.51. The molecule has 0 spiro atoms. The quantitative estimate of drug-likeness (QED) is 0.285. The molecular formula is C9H12FN8O4P. The highest BCUT2D eigenvalue weighted by Crippen LogP contribution is 2.34. The van der Waals surface area contributed by atoms with Crippen LogP contribution in [-0.4, -0.2) is 48.4 Å². The van der Waals surface area contributed by atoms with Crippen molar-refractivity contribution in [3.8, 4) is 0 Å². The van der Waals surface area contributed by atoms with Gasteiger partial charge in [-0.2, -0.15) is 4.98 Å². The number of nitrogens with two attached hydrogens (primary N) is 1. The Labute approximate surface area is 127 Å². The number of azide groups is 1. The fourth-order valence-corrected chi connectivity index (χ4v) is 2.16. The molecule has 2 rings (SSSR count). The van der Waals surface area contributed by atoms with Gasteiger partial charge in [-0.05, 0) is 10.6 Å². The molecule has 0 radical (unpaired) electrons. The van der Waals surface area contributed by atoms with E-state index in [0.29, 0.717) is 0 Å². The molecule has 0 bridgehead atoms. The maximum Gasteiger partial charge on any atom is 0.350 e. The van der Waals surface area contributed by atoms with E-state index in [1.807, 2.05) is 0 Å². The summed E-state index contributed by atoms with van der Waals surface area (Å²) in [7, 11) is -4.41. The highest BCUT2D eigenvalue weighted by atomic mass is 31.2. The Morgan fingerprint density at radius 1 is 1.57 bits per heavy atom. The molecule has 0 saturated carbocycles. The van der Waals surface area contributed by atoms with Gasteiger partial charge in [-0.1, -0.05) is 0 Å². The largest absolute Gasteiger partial charge is 0.368 e. The van der Waals surface area contributed by atoms with Crippen molar-refractivity contribution in [2.75, 3.05) is 18.8 Å². The number of anilines is 1. The molecule has 2 heterocycles. The SMILES string of the molecule is [N-]=[N+]=Nc1nc(N)nc2c1ncn2CC(CF)OCP(=O)(O)O. The Bertz CT molecular complexity index is 800. The van der Waals surface area contributed by atoms with Gasteiger partial charge in [0.05, 0.1) is 12.9 Å². The predicted molar refractivity (Wildman–Crippen MR) is 76.3 cm³/mol. The van der Waals surface area contributed by atoms with Crippen LogP contribution >= 0.6 is 7.60 Å². The van der Waals surface area contributed by atoms with E-state index in [0.717, 1.165) is 0 Å². The summed E-state index contributed by atoms with van der Waals surface area (Å²) < 4.78 is 29.9. The van der Waals surface area contributed by atoms with E-state index in [1.54, 1.807) is 0 Å². The van der Waals surface area contributed by atoms with Gasteiger partial charge in [0.1, 0.15) is 24.6 Å². The van der Waals surface area contributed by atoms with E-state index >= 15 is 0 Å². The van der Waals surface area contributed by atoms with Crippen LogP contribution in [0.4, 0.5) is 16.2 Å². The number of hydrogen-bond acceptors (Lipinski definition) is 7. The fraction of sp³-hybridized carbons (Fsp3) is 0.444. The molecule has 1 atom stereocenters. The zero-order valence-corrected chi connectivity index (χ0v) is 12.4. The van der Waals surface area contributed by atoms with Crippen LogP contribution in [0.1, 0.15) is 0 Å². The summed E-state index contributed by atoms with van der Waals surface area (Å²) in [6.07, 6.45) is -0.757. The Morgan fingerprint density at radius 2 is 2.30 bits per heavy atom. The summed E-state index contributed by atoms with van der Waals surface area (Å²) in [4.78, 5) is 31.7. The maximum atomic E-state index is 13.0. The van der Waals surface area contributed by atoms with E-state index in [1.165, 1.54) is 10.9 Å². The third-order valence-corrected chi connectivity index (χ3v) is 3.14. The first-order chi connectivity index (χ1) is 10.8. The standard InChI is InChI=1S/C9H12FN8O4P/c10-1-5(22-4-23(19,20)21)2-18-3-13-6-7(16-17-12)14-9(11)15-8(6)18/h3,5H,1-2,4H2,(H2,11,14,15)(H2,19,20,21). The highest BCUT2D eigenvalue weighted by Gasteiger charge is 2.20. The lowest BCUT2D eigenvalue weighted by Gasteiger charge is -2.15. The number of fused-ring (bicyclic) bond motifs is 1. The number of nitrogens with zero attached hydrogens (tertiary/aromatic N) is 7. The molecular weight excluding hydrogens is 334 g/mol. The number of aromatic nitrogens is 4. The molecule has 14 heteroatoms. The summed E-state index contributed by atoms with van der Waals surface area (Å²) in [5, 5.41) is 3.34. The molecule has 0 aliphatic heterocycles. The lowest BCUT2D eigenvalue weighted by molar-refractivity contribution is 0.0445. The van der Waals surface area contributed by atoms with Crippen molar-refractivity contribution in [1.29, 1.82) is 0 Å².